The molecule has 0 spiro atoms. The number of aryl methyl sites for hydroxylation is 2. The third-order valence-electron chi connectivity index (χ3n) is 3.21. The van der Waals surface area contributed by atoms with E-state index in [0.29, 0.717) is 13.0 Å². The number of hydrogen-bond acceptors (Lipinski definition) is 2. The predicted octanol–water partition coefficient (Wildman–Crippen LogP) is 3.97. The van der Waals surface area contributed by atoms with E-state index in [4.69, 9.17) is 4.74 Å². The Morgan fingerprint density at radius 1 is 1.05 bits per heavy atom. The SMILES string of the molecule is CCOc1ccc(NC(=O)CCc2ccc(C)cc2)cc1. The van der Waals surface area contributed by atoms with Crippen molar-refractivity contribution in [3.05, 3.63) is 59.7 Å². The molecule has 0 aromatic heterocycles. The van der Waals surface area contributed by atoms with Gasteiger partial charge < -0.3 is 10.1 Å². The maximum absolute atomic E-state index is 11.9. The lowest BCUT2D eigenvalue weighted by Gasteiger charge is -2.07. The van der Waals surface area contributed by atoms with Crippen molar-refractivity contribution in [3.63, 3.8) is 0 Å². The van der Waals surface area contributed by atoms with Crippen LogP contribution in [0.4, 0.5) is 5.69 Å². The van der Waals surface area contributed by atoms with Crippen LogP contribution in [0.15, 0.2) is 48.5 Å². The molecule has 3 nitrogen and oxygen atoms in total. The van der Waals surface area contributed by atoms with Crippen molar-refractivity contribution < 1.29 is 9.53 Å². The minimum absolute atomic E-state index is 0.0275. The molecule has 0 fully saturated rings. The second-order valence-corrected chi connectivity index (χ2v) is 4.99. The molecule has 0 aliphatic carbocycles. The van der Waals surface area contributed by atoms with E-state index in [1.54, 1.807) is 0 Å². The van der Waals surface area contributed by atoms with Gasteiger partial charge in [-0.05, 0) is 50.1 Å². The van der Waals surface area contributed by atoms with Gasteiger partial charge in [0.25, 0.3) is 0 Å². The van der Waals surface area contributed by atoms with E-state index in [2.05, 4.69) is 36.5 Å². The maximum Gasteiger partial charge on any atom is 0.224 e. The summed E-state index contributed by atoms with van der Waals surface area (Å²) in [6, 6.07) is 15.7. The fourth-order valence-corrected chi connectivity index (χ4v) is 2.04. The molecule has 2 rings (SSSR count). The predicted molar refractivity (Wildman–Crippen MR) is 85.7 cm³/mol. The van der Waals surface area contributed by atoms with Crippen molar-refractivity contribution in [1.29, 1.82) is 0 Å². The standard InChI is InChI=1S/C18H21NO2/c1-3-21-17-11-9-16(10-12-17)19-18(20)13-8-15-6-4-14(2)5-7-15/h4-7,9-12H,3,8,13H2,1-2H3,(H,19,20). The van der Waals surface area contributed by atoms with Gasteiger partial charge in [0.15, 0.2) is 0 Å². The van der Waals surface area contributed by atoms with Crippen LogP contribution in [0, 0.1) is 6.92 Å². The lowest BCUT2D eigenvalue weighted by molar-refractivity contribution is -0.116. The molecule has 1 amide bonds. The molecule has 0 saturated carbocycles. The molecule has 0 aliphatic rings. The fourth-order valence-electron chi connectivity index (χ4n) is 2.04. The van der Waals surface area contributed by atoms with E-state index in [1.807, 2.05) is 31.2 Å². The van der Waals surface area contributed by atoms with Crippen LogP contribution in [0.2, 0.25) is 0 Å². The molecule has 3 heteroatoms. The molecule has 0 heterocycles. The molecule has 0 bridgehead atoms. The lowest BCUT2D eigenvalue weighted by Crippen LogP contribution is -2.12. The van der Waals surface area contributed by atoms with Crippen molar-refractivity contribution in [2.45, 2.75) is 26.7 Å². The summed E-state index contributed by atoms with van der Waals surface area (Å²) in [6.07, 6.45) is 1.24. The highest BCUT2D eigenvalue weighted by molar-refractivity contribution is 5.90. The molecule has 2 aromatic carbocycles. The van der Waals surface area contributed by atoms with E-state index >= 15 is 0 Å². The Morgan fingerprint density at radius 3 is 2.33 bits per heavy atom. The zero-order chi connectivity index (χ0) is 15.1. The summed E-state index contributed by atoms with van der Waals surface area (Å²) in [4.78, 5) is 11.9. The Bertz CT molecular complexity index is 573. The van der Waals surface area contributed by atoms with Crippen LogP contribution >= 0.6 is 0 Å². The average Bonchev–Trinajstić information content (AvgIpc) is 2.49. The number of amides is 1. The smallest absolute Gasteiger partial charge is 0.224 e. The molecule has 0 unspecified atom stereocenters. The highest BCUT2D eigenvalue weighted by Gasteiger charge is 2.03. The third-order valence-corrected chi connectivity index (χ3v) is 3.21. The Labute approximate surface area is 126 Å². The Kier molecular flexibility index (Phi) is 5.38. The zero-order valence-electron chi connectivity index (χ0n) is 12.6. The minimum atomic E-state index is 0.0275. The van der Waals surface area contributed by atoms with Gasteiger partial charge in [0.05, 0.1) is 6.61 Å². The average molecular weight is 283 g/mol. The van der Waals surface area contributed by atoms with Crippen LogP contribution in [0.1, 0.15) is 24.5 Å². The zero-order valence-corrected chi connectivity index (χ0v) is 12.6. The van der Waals surface area contributed by atoms with E-state index in [1.165, 1.54) is 11.1 Å². The monoisotopic (exact) mass is 283 g/mol. The van der Waals surface area contributed by atoms with Gasteiger partial charge in [0.2, 0.25) is 5.91 Å². The molecular weight excluding hydrogens is 262 g/mol. The van der Waals surface area contributed by atoms with Gasteiger partial charge >= 0.3 is 0 Å². The Balaban J connectivity index is 1.82. The number of rotatable bonds is 6. The van der Waals surface area contributed by atoms with Crippen molar-refractivity contribution >= 4 is 11.6 Å². The molecule has 0 radical (unpaired) electrons. The number of nitrogens with one attached hydrogen (secondary N) is 1. The van der Waals surface area contributed by atoms with Crippen LogP contribution in [0.3, 0.4) is 0 Å². The van der Waals surface area contributed by atoms with Gasteiger partial charge in [-0.3, -0.25) is 4.79 Å². The highest BCUT2D eigenvalue weighted by Crippen LogP contribution is 2.16. The number of ether oxygens (including phenoxy) is 1. The summed E-state index contributed by atoms with van der Waals surface area (Å²) in [5, 5.41) is 2.90. The molecule has 21 heavy (non-hydrogen) atoms. The first-order valence-corrected chi connectivity index (χ1v) is 7.25. The molecule has 0 aliphatic heterocycles. The Hall–Kier alpha value is -2.29. The molecule has 0 atom stereocenters. The van der Waals surface area contributed by atoms with E-state index < -0.39 is 0 Å². The second-order valence-electron chi connectivity index (χ2n) is 4.99. The summed E-state index contributed by atoms with van der Waals surface area (Å²) in [5.41, 5.74) is 3.22. The van der Waals surface area contributed by atoms with Gasteiger partial charge in [-0.2, -0.15) is 0 Å². The van der Waals surface area contributed by atoms with Crippen LogP contribution in [-0.2, 0) is 11.2 Å². The molecule has 1 N–H and O–H groups in total. The minimum Gasteiger partial charge on any atom is -0.494 e. The maximum atomic E-state index is 11.9. The summed E-state index contributed by atoms with van der Waals surface area (Å²) in [7, 11) is 0. The first kappa shape index (κ1) is 15.1. The molecular formula is C18H21NO2. The van der Waals surface area contributed by atoms with Crippen LogP contribution in [0.5, 0.6) is 5.75 Å². The number of carbonyl (C=O) groups excluding carboxylic acids is 1. The van der Waals surface area contributed by atoms with Gasteiger partial charge in [0.1, 0.15) is 5.75 Å². The largest absolute Gasteiger partial charge is 0.494 e. The van der Waals surface area contributed by atoms with Crippen molar-refractivity contribution in [3.8, 4) is 5.75 Å². The van der Waals surface area contributed by atoms with Crippen molar-refractivity contribution in [2.24, 2.45) is 0 Å². The van der Waals surface area contributed by atoms with E-state index in [-0.39, 0.29) is 5.91 Å². The first-order chi connectivity index (χ1) is 10.2. The van der Waals surface area contributed by atoms with Crippen molar-refractivity contribution in [1.82, 2.24) is 0 Å². The summed E-state index contributed by atoms with van der Waals surface area (Å²) >= 11 is 0. The molecule has 2 aromatic rings. The van der Waals surface area contributed by atoms with Crippen LogP contribution < -0.4 is 10.1 Å². The van der Waals surface area contributed by atoms with E-state index in [0.717, 1.165) is 17.9 Å². The molecule has 110 valence electrons. The van der Waals surface area contributed by atoms with Gasteiger partial charge in [-0.15, -0.1) is 0 Å². The summed E-state index contributed by atoms with van der Waals surface area (Å²) in [5.74, 6) is 0.842. The summed E-state index contributed by atoms with van der Waals surface area (Å²) < 4.78 is 5.37. The first-order valence-electron chi connectivity index (χ1n) is 7.25. The highest BCUT2D eigenvalue weighted by atomic mass is 16.5. The normalized spacial score (nSPS) is 10.2. The van der Waals surface area contributed by atoms with E-state index in [9.17, 15) is 4.79 Å². The number of hydrogen-bond donors (Lipinski definition) is 1. The third kappa shape index (κ3) is 4.95. The number of benzene rings is 2. The summed E-state index contributed by atoms with van der Waals surface area (Å²) in [6.45, 7) is 4.64. The Morgan fingerprint density at radius 2 is 1.71 bits per heavy atom. The molecule has 0 saturated heterocycles. The number of carbonyl (C=O) groups is 1. The fraction of sp³-hybridized carbons (Fsp3) is 0.278. The quantitative estimate of drug-likeness (QED) is 0.871. The lowest BCUT2D eigenvalue weighted by atomic mass is 10.1. The topological polar surface area (TPSA) is 38.3 Å². The van der Waals surface area contributed by atoms with Crippen LogP contribution in [0.25, 0.3) is 0 Å². The van der Waals surface area contributed by atoms with Gasteiger partial charge in [-0.1, -0.05) is 29.8 Å². The van der Waals surface area contributed by atoms with Gasteiger partial charge in [-0.25, -0.2) is 0 Å². The van der Waals surface area contributed by atoms with Crippen molar-refractivity contribution in [2.75, 3.05) is 11.9 Å². The van der Waals surface area contributed by atoms with Gasteiger partial charge in [0, 0.05) is 12.1 Å². The second kappa shape index (κ2) is 7.48. The number of anilines is 1. The van der Waals surface area contributed by atoms with Crippen LogP contribution in [-0.4, -0.2) is 12.5 Å².